The quantitative estimate of drug-likeness (QED) is 0.131. The van der Waals surface area contributed by atoms with Gasteiger partial charge in [-0.1, -0.05) is 35.9 Å². The Morgan fingerprint density at radius 1 is 0.854 bits per heavy atom. The standard InChI is InChI=1S/C31H24ClN3O6/c1-38-26-16-21(17-27(39-2)28(26)40-3)29-34-24-10-6-5-9-23(24)30(36)35(29)33-18-20-8-4-7-11-25(20)41-31(37)19-12-14-22(32)15-13-19/h4-18H,1-3H3. The van der Waals surface area contributed by atoms with Crippen LogP contribution in [0.4, 0.5) is 0 Å². The summed E-state index contributed by atoms with van der Waals surface area (Å²) in [5, 5.41) is 5.39. The predicted molar refractivity (Wildman–Crippen MR) is 157 cm³/mol. The van der Waals surface area contributed by atoms with Gasteiger partial charge in [-0.05, 0) is 60.7 Å². The molecule has 0 aliphatic rings. The van der Waals surface area contributed by atoms with E-state index >= 15 is 0 Å². The number of ether oxygens (including phenoxy) is 4. The first kappa shape index (κ1) is 27.4. The number of halogens is 1. The van der Waals surface area contributed by atoms with Crippen LogP contribution in [0.2, 0.25) is 5.02 Å². The number of benzene rings is 4. The molecule has 206 valence electrons. The van der Waals surface area contributed by atoms with E-state index in [4.69, 9.17) is 35.5 Å². The van der Waals surface area contributed by atoms with E-state index < -0.39 is 11.5 Å². The van der Waals surface area contributed by atoms with Crippen molar-refractivity contribution in [3.8, 4) is 34.4 Å². The minimum Gasteiger partial charge on any atom is -0.493 e. The molecule has 41 heavy (non-hydrogen) atoms. The van der Waals surface area contributed by atoms with Crippen molar-refractivity contribution < 1.29 is 23.7 Å². The molecule has 5 aromatic rings. The number of esters is 1. The number of rotatable bonds is 8. The van der Waals surface area contributed by atoms with E-state index in [1.54, 1.807) is 84.9 Å². The first-order valence-corrected chi connectivity index (χ1v) is 12.7. The molecule has 0 bridgehead atoms. The molecule has 9 nitrogen and oxygen atoms in total. The summed E-state index contributed by atoms with van der Waals surface area (Å²) in [5.74, 6) is 1.10. The van der Waals surface area contributed by atoms with E-state index in [0.717, 1.165) is 0 Å². The minimum atomic E-state index is -0.565. The molecule has 0 saturated carbocycles. The average molecular weight is 570 g/mol. The molecule has 0 unspecified atom stereocenters. The average Bonchev–Trinajstić information content (AvgIpc) is 3.00. The minimum absolute atomic E-state index is 0.236. The summed E-state index contributed by atoms with van der Waals surface area (Å²) < 4.78 is 23.3. The number of nitrogens with zero attached hydrogens (tertiary/aromatic N) is 3. The molecule has 0 amide bonds. The molecule has 0 aliphatic heterocycles. The summed E-state index contributed by atoms with van der Waals surface area (Å²) in [7, 11) is 4.51. The lowest BCUT2D eigenvalue weighted by molar-refractivity contribution is 0.0734. The van der Waals surface area contributed by atoms with Crippen molar-refractivity contribution in [1.29, 1.82) is 0 Å². The van der Waals surface area contributed by atoms with Gasteiger partial charge in [-0.15, -0.1) is 0 Å². The molecule has 0 fully saturated rings. The Labute approximate surface area is 240 Å². The third kappa shape index (κ3) is 5.61. The van der Waals surface area contributed by atoms with Gasteiger partial charge in [-0.3, -0.25) is 4.79 Å². The Balaban J connectivity index is 1.62. The summed E-state index contributed by atoms with van der Waals surface area (Å²) in [5.41, 5.74) is 1.39. The number of fused-ring (bicyclic) bond motifs is 1. The Morgan fingerprint density at radius 3 is 2.20 bits per heavy atom. The number of carbonyl (C=O) groups is 1. The van der Waals surface area contributed by atoms with Crippen LogP contribution >= 0.6 is 11.6 Å². The maximum absolute atomic E-state index is 13.7. The molecule has 1 heterocycles. The van der Waals surface area contributed by atoms with Gasteiger partial charge in [0.25, 0.3) is 5.56 Å². The summed E-state index contributed by atoms with van der Waals surface area (Å²) in [6.45, 7) is 0. The third-order valence-electron chi connectivity index (χ3n) is 6.19. The fourth-order valence-electron chi connectivity index (χ4n) is 4.17. The number of methoxy groups -OCH3 is 3. The Morgan fingerprint density at radius 2 is 1.51 bits per heavy atom. The first-order chi connectivity index (χ1) is 19.9. The van der Waals surface area contributed by atoms with Crippen molar-refractivity contribution in [1.82, 2.24) is 9.66 Å². The fraction of sp³-hybridized carbons (Fsp3) is 0.0968. The van der Waals surface area contributed by atoms with Gasteiger partial charge in [-0.25, -0.2) is 9.78 Å². The summed E-state index contributed by atoms with van der Waals surface area (Å²) >= 11 is 5.93. The molecule has 1 aromatic heterocycles. The summed E-state index contributed by atoms with van der Waals surface area (Å²) in [6.07, 6.45) is 1.43. The molecule has 10 heteroatoms. The number of carbonyl (C=O) groups excluding carboxylic acids is 1. The van der Waals surface area contributed by atoms with Crippen molar-refractivity contribution in [3.63, 3.8) is 0 Å². The van der Waals surface area contributed by atoms with E-state index in [1.165, 1.54) is 32.2 Å². The third-order valence-corrected chi connectivity index (χ3v) is 6.44. The van der Waals surface area contributed by atoms with Crippen molar-refractivity contribution >= 4 is 34.7 Å². The van der Waals surface area contributed by atoms with Gasteiger partial charge >= 0.3 is 5.97 Å². The van der Waals surface area contributed by atoms with Crippen LogP contribution in [0.25, 0.3) is 22.3 Å². The second-order valence-electron chi connectivity index (χ2n) is 8.66. The van der Waals surface area contributed by atoms with Crippen LogP contribution in [0, 0.1) is 0 Å². The molecule has 0 atom stereocenters. The summed E-state index contributed by atoms with van der Waals surface area (Å²) in [4.78, 5) is 31.2. The molecule has 0 radical (unpaired) electrons. The zero-order valence-electron chi connectivity index (χ0n) is 22.3. The van der Waals surface area contributed by atoms with E-state index in [0.29, 0.717) is 49.9 Å². The van der Waals surface area contributed by atoms with Gasteiger partial charge in [0.1, 0.15) is 5.75 Å². The van der Waals surface area contributed by atoms with Gasteiger partial charge in [0, 0.05) is 16.1 Å². The lowest BCUT2D eigenvalue weighted by Crippen LogP contribution is -2.20. The highest BCUT2D eigenvalue weighted by atomic mass is 35.5. The summed E-state index contributed by atoms with van der Waals surface area (Å²) in [6, 6.07) is 23.6. The van der Waals surface area contributed by atoms with Gasteiger partial charge in [0.15, 0.2) is 17.3 Å². The Bertz CT molecular complexity index is 1810. The monoisotopic (exact) mass is 569 g/mol. The van der Waals surface area contributed by atoms with E-state index in [9.17, 15) is 9.59 Å². The molecular weight excluding hydrogens is 546 g/mol. The largest absolute Gasteiger partial charge is 0.493 e. The molecule has 0 spiro atoms. The van der Waals surface area contributed by atoms with Crippen LogP contribution in [0.5, 0.6) is 23.0 Å². The van der Waals surface area contributed by atoms with E-state index in [1.807, 2.05) is 0 Å². The SMILES string of the molecule is COc1cc(-c2nc3ccccc3c(=O)n2N=Cc2ccccc2OC(=O)c2ccc(Cl)cc2)cc(OC)c1OC. The fourth-order valence-corrected chi connectivity index (χ4v) is 4.30. The Kier molecular flexibility index (Phi) is 7.98. The lowest BCUT2D eigenvalue weighted by atomic mass is 10.1. The van der Waals surface area contributed by atoms with Gasteiger partial charge in [0.2, 0.25) is 5.75 Å². The first-order valence-electron chi connectivity index (χ1n) is 12.4. The Hall–Kier alpha value is -5.15. The number of hydrogen-bond donors (Lipinski definition) is 0. The zero-order valence-corrected chi connectivity index (χ0v) is 23.1. The van der Waals surface area contributed by atoms with Crippen molar-refractivity contribution in [2.75, 3.05) is 21.3 Å². The number of aromatic nitrogens is 2. The normalized spacial score (nSPS) is 11.0. The van der Waals surface area contributed by atoms with E-state index in [2.05, 4.69) is 5.10 Å². The molecular formula is C31H24ClN3O6. The zero-order chi connectivity index (χ0) is 28.9. The molecule has 0 saturated heterocycles. The lowest BCUT2D eigenvalue weighted by Gasteiger charge is -2.15. The highest BCUT2D eigenvalue weighted by molar-refractivity contribution is 6.30. The maximum atomic E-state index is 13.7. The smallest absolute Gasteiger partial charge is 0.343 e. The molecule has 4 aromatic carbocycles. The van der Waals surface area contributed by atoms with Crippen molar-refractivity contribution in [3.05, 3.63) is 111 Å². The molecule has 0 aliphatic carbocycles. The van der Waals surface area contributed by atoms with Gasteiger partial charge in [-0.2, -0.15) is 9.78 Å². The van der Waals surface area contributed by atoms with Crippen LogP contribution in [0.3, 0.4) is 0 Å². The van der Waals surface area contributed by atoms with Crippen LogP contribution in [0.15, 0.2) is 94.8 Å². The van der Waals surface area contributed by atoms with Crippen molar-refractivity contribution in [2.24, 2.45) is 5.10 Å². The second kappa shape index (κ2) is 11.9. The molecule has 5 rings (SSSR count). The number of hydrogen-bond acceptors (Lipinski definition) is 8. The van der Waals surface area contributed by atoms with Crippen LogP contribution in [-0.2, 0) is 0 Å². The van der Waals surface area contributed by atoms with Crippen molar-refractivity contribution in [2.45, 2.75) is 0 Å². The van der Waals surface area contributed by atoms with Gasteiger partial charge in [0.05, 0.1) is 44.0 Å². The van der Waals surface area contributed by atoms with Crippen LogP contribution in [-0.4, -0.2) is 43.2 Å². The highest BCUT2D eigenvalue weighted by Crippen LogP contribution is 2.40. The highest BCUT2D eigenvalue weighted by Gasteiger charge is 2.19. The number of para-hydroxylation sites is 2. The topological polar surface area (TPSA) is 101 Å². The van der Waals surface area contributed by atoms with Crippen LogP contribution in [0.1, 0.15) is 15.9 Å². The van der Waals surface area contributed by atoms with Crippen LogP contribution < -0.4 is 24.5 Å². The maximum Gasteiger partial charge on any atom is 0.343 e. The predicted octanol–water partition coefficient (Wildman–Crippen LogP) is 5.84. The van der Waals surface area contributed by atoms with E-state index in [-0.39, 0.29) is 11.6 Å². The second-order valence-corrected chi connectivity index (χ2v) is 9.10. The van der Waals surface area contributed by atoms with Gasteiger partial charge < -0.3 is 18.9 Å². The molecule has 0 N–H and O–H groups in total.